The first-order valence-electron chi connectivity index (χ1n) is 5.51. The molecule has 0 saturated heterocycles. The van der Waals surface area contributed by atoms with Gasteiger partial charge in [-0.1, -0.05) is 11.6 Å². The van der Waals surface area contributed by atoms with Gasteiger partial charge in [0.1, 0.15) is 0 Å². The lowest BCUT2D eigenvalue weighted by atomic mass is 10.2. The number of aromatic carboxylic acids is 1. The third-order valence-corrected chi connectivity index (χ3v) is 3.34. The van der Waals surface area contributed by atoms with E-state index in [1.54, 1.807) is 5.51 Å². The Bertz CT molecular complexity index is 631. The van der Waals surface area contributed by atoms with Gasteiger partial charge in [-0.25, -0.2) is 14.6 Å². The van der Waals surface area contributed by atoms with Gasteiger partial charge < -0.3 is 15.7 Å². The van der Waals surface area contributed by atoms with E-state index in [1.165, 1.54) is 29.5 Å². The smallest absolute Gasteiger partial charge is 0.335 e. The molecule has 1 aromatic heterocycles. The number of anilines is 1. The lowest BCUT2D eigenvalue weighted by Crippen LogP contribution is -2.28. The molecule has 0 bridgehead atoms. The largest absolute Gasteiger partial charge is 0.478 e. The van der Waals surface area contributed by atoms with Gasteiger partial charge in [0.2, 0.25) is 0 Å². The number of benzene rings is 1. The quantitative estimate of drug-likeness (QED) is 0.809. The van der Waals surface area contributed by atoms with Gasteiger partial charge in [0.15, 0.2) is 0 Å². The van der Waals surface area contributed by atoms with E-state index < -0.39 is 12.0 Å². The number of nitrogens with zero attached hydrogens (tertiary/aromatic N) is 1. The standard InChI is InChI=1S/C12H10ClN3O3S/c13-9-2-1-7(11(17)18)3-10(9)16-12(19)14-4-8-5-20-6-15-8/h1-3,5-6H,4H2,(H,17,18)(H2,14,16,19). The Hall–Kier alpha value is -2.12. The fourth-order valence-electron chi connectivity index (χ4n) is 1.42. The number of halogens is 1. The van der Waals surface area contributed by atoms with Crippen LogP contribution in [0.15, 0.2) is 29.1 Å². The van der Waals surface area contributed by atoms with Gasteiger partial charge in [-0.05, 0) is 18.2 Å². The first-order chi connectivity index (χ1) is 9.56. The van der Waals surface area contributed by atoms with E-state index in [0.717, 1.165) is 5.69 Å². The maximum atomic E-state index is 11.7. The average Bonchev–Trinajstić information content (AvgIpc) is 2.92. The van der Waals surface area contributed by atoms with E-state index in [-0.39, 0.29) is 22.8 Å². The van der Waals surface area contributed by atoms with E-state index in [1.807, 2.05) is 5.38 Å². The Labute approximate surface area is 123 Å². The molecule has 0 aliphatic heterocycles. The van der Waals surface area contributed by atoms with Gasteiger partial charge in [-0.2, -0.15) is 0 Å². The van der Waals surface area contributed by atoms with Crippen LogP contribution in [0.1, 0.15) is 16.1 Å². The number of thiazole rings is 1. The summed E-state index contributed by atoms with van der Waals surface area (Å²) in [5.41, 5.74) is 2.70. The lowest BCUT2D eigenvalue weighted by molar-refractivity contribution is 0.0697. The first-order valence-corrected chi connectivity index (χ1v) is 6.83. The van der Waals surface area contributed by atoms with Crippen LogP contribution in [0.3, 0.4) is 0 Å². The van der Waals surface area contributed by atoms with Gasteiger partial charge in [0.25, 0.3) is 0 Å². The summed E-state index contributed by atoms with van der Waals surface area (Å²) in [4.78, 5) is 26.6. The van der Waals surface area contributed by atoms with Gasteiger partial charge in [-0.3, -0.25) is 0 Å². The molecule has 2 aromatic rings. The number of hydrogen-bond acceptors (Lipinski definition) is 4. The molecule has 104 valence electrons. The molecule has 0 fully saturated rings. The highest BCUT2D eigenvalue weighted by Gasteiger charge is 2.10. The second kappa shape index (κ2) is 6.36. The molecule has 0 saturated carbocycles. The highest BCUT2D eigenvalue weighted by molar-refractivity contribution is 7.07. The topological polar surface area (TPSA) is 91.3 Å². The number of aromatic nitrogens is 1. The summed E-state index contributed by atoms with van der Waals surface area (Å²) in [7, 11) is 0. The summed E-state index contributed by atoms with van der Waals surface area (Å²) in [6.45, 7) is 0.283. The first kappa shape index (κ1) is 14.3. The number of nitrogens with one attached hydrogen (secondary N) is 2. The van der Waals surface area contributed by atoms with Crippen molar-refractivity contribution >= 4 is 40.6 Å². The molecule has 1 heterocycles. The Morgan fingerprint density at radius 3 is 2.85 bits per heavy atom. The van der Waals surface area contributed by atoms with Crippen LogP contribution in [0.25, 0.3) is 0 Å². The third kappa shape index (κ3) is 3.69. The number of carbonyl (C=O) groups is 2. The third-order valence-electron chi connectivity index (χ3n) is 2.38. The van der Waals surface area contributed by atoms with Crippen LogP contribution in [-0.4, -0.2) is 22.1 Å². The fourth-order valence-corrected chi connectivity index (χ4v) is 2.14. The van der Waals surface area contributed by atoms with E-state index >= 15 is 0 Å². The van der Waals surface area contributed by atoms with Gasteiger partial charge in [-0.15, -0.1) is 11.3 Å². The van der Waals surface area contributed by atoms with Crippen LogP contribution in [0.2, 0.25) is 5.02 Å². The van der Waals surface area contributed by atoms with Crippen molar-refractivity contribution in [1.82, 2.24) is 10.3 Å². The number of rotatable bonds is 4. The van der Waals surface area contributed by atoms with Gasteiger partial charge >= 0.3 is 12.0 Å². The highest BCUT2D eigenvalue weighted by Crippen LogP contribution is 2.23. The van der Waals surface area contributed by atoms with Crippen molar-refractivity contribution in [2.24, 2.45) is 0 Å². The Morgan fingerprint density at radius 2 is 2.20 bits per heavy atom. The van der Waals surface area contributed by atoms with Crippen LogP contribution in [-0.2, 0) is 6.54 Å². The predicted octanol–water partition coefficient (Wildman–Crippen LogP) is 2.82. The zero-order chi connectivity index (χ0) is 14.5. The van der Waals surface area contributed by atoms with Gasteiger partial charge in [0.05, 0.1) is 34.0 Å². The minimum Gasteiger partial charge on any atom is -0.478 e. The average molecular weight is 312 g/mol. The van der Waals surface area contributed by atoms with Crippen molar-refractivity contribution in [3.05, 3.63) is 45.4 Å². The lowest BCUT2D eigenvalue weighted by Gasteiger charge is -2.09. The van der Waals surface area contributed by atoms with Crippen molar-refractivity contribution in [2.75, 3.05) is 5.32 Å². The van der Waals surface area contributed by atoms with E-state index in [9.17, 15) is 9.59 Å². The maximum absolute atomic E-state index is 11.7. The number of carboxylic acid groups (broad SMARTS) is 1. The van der Waals surface area contributed by atoms with Crippen molar-refractivity contribution in [3.63, 3.8) is 0 Å². The molecule has 0 unspecified atom stereocenters. The summed E-state index contributed by atoms with van der Waals surface area (Å²) >= 11 is 7.33. The summed E-state index contributed by atoms with van der Waals surface area (Å²) in [6.07, 6.45) is 0. The molecular formula is C12H10ClN3O3S. The summed E-state index contributed by atoms with van der Waals surface area (Å²) in [5.74, 6) is -1.09. The van der Waals surface area contributed by atoms with Crippen molar-refractivity contribution in [1.29, 1.82) is 0 Å². The van der Waals surface area contributed by atoms with Crippen LogP contribution in [0.5, 0.6) is 0 Å². The minimum absolute atomic E-state index is 0.0456. The molecule has 20 heavy (non-hydrogen) atoms. The number of hydrogen-bond donors (Lipinski definition) is 3. The summed E-state index contributed by atoms with van der Waals surface area (Å²) < 4.78 is 0. The van der Waals surface area contributed by atoms with Crippen LogP contribution >= 0.6 is 22.9 Å². The molecule has 0 radical (unpaired) electrons. The molecule has 0 aliphatic carbocycles. The molecule has 1 aromatic carbocycles. The van der Waals surface area contributed by atoms with Crippen molar-refractivity contribution in [3.8, 4) is 0 Å². The highest BCUT2D eigenvalue weighted by atomic mass is 35.5. The number of amides is 2. The Kier molecular flexibility index (Phi) is 4.54. The number of carbonyl (C=O) groups excluding carboxylic acids is 1. The molecule has 6 nitrogen and oxygen atoms in total. The fraction of sp³-hybridized carbons (Fsp3) is 0.0833. The SMILES string of the molecule is O=C(NCc1cscn1)Nc1cc(C(=O)O)ccc1Cl. The van der Waals surface area contributed by atoms with Crippen LogP contribution < -0.4 is 10.6 Å². The van der Waals surface area contributed by atoms with Crippen LogP contribution in [0, 0.1) is 0 Å². The zero-order valence-electron chi connectivity index (χ0n) is 10.1. The second-order valence-electron chi connectivity index (χ2n) is 3.79. The normalized spacial score (nSPS) is 10.1. The van der Waals surface area contributed by atoms with Crippen LogP contribution in [0.4, 0.5) is 10.5 Å². The van der Waals surface area contributed by atoms with Crippen molar-refractivity contribution in [2.45, 2.75) is 6.54 Å². The number of carboxylic acids is 1. The summed E-state index contributed by atoms with van der Waals surface area (Å²) in [6, 6.07) is 3.60. The zero-order valence-corrected chi connectivity index (χ0v) is 11.7. The molecule has 0 atom stereocenters. The summed E-state index contributed by atoms with van der Waals surface area (Å²) in [5, 5.41) is 16.1. The molecular weight excluding hydrogens is 302 g/mol. The van der Waals surface area contributed by atoms with E-state index in [0.29, 0.717) is 0 Å². The minimum atomic E-state index is -1.09. The predicted molar refractivity (Wildman–Crippen MR) is 76.4 cm³/mol. The van der Waals surface area contributed by atoms with Crippen molar-refractivity contribution < 1.29 is 14.7 Å². The second-order valence-corrected chi connectivity index (χ2v) is 4.91. The Morgan fingerprint density at radius 1 is 1.40 bits per heavy atom. The molecule has 0 aliphatic rings. The van der Waals surface area contributed by atoms with Gasteiger partial charge in [0, 0.05) is 5.38 Å². The monoisotopic (exact) mass is 311 g/mol. The van der Waals surface area contributed by atoms with E-state index in [4.69, 9.17) is 16.7 Å². The maximum Gasteiger partial charge on any atom is 0.335 e. The van der Waals surface area contributed by atoms with E-state index in [2.05, 4.69) is 15.6 Å². The molecule has 2 rings (SSSR count). The Balaban J connectivity index is 2.00. The molecule has 3 N–H and O–H groups in total. The molecule has 0 spiro atoms. The number of urea groups is 1. The molecule has 8 heteroatoms. The molecule has 2 amide bonds.